The number of H-pyrrole nitrogens is 1. The number of hydrogen-bond acceptors (Lipinski definition) is 4. The summed E-state index contributed by atoms with van der Waals surface area (Å²) in [7, 11) is 0. The zero-order chi connectivity index (χ0) is 17.6. The number of nitrogens with one attached hydrogen (secondary N) is 2. The van der Waals surface area contributed by atoms with Crippen molar-refractivity contribution in [1.82, 2.24) is 15.3 Å². The third-order valence-electron chi connectivity index (χ3n) is 3.28. The van der Waals surface area contributed by atoms with Crippen LogP contribution in [0.3, 0.4) is 0 Å². The molecule has 0 unspecified atom stereocenters. The number of fused-ring (bicyclic) bond motifs is 1. The van der Waals surface area contributed by atoms with Crippen LogP contribution < -0.4 is 10.1 Å². The van der Waals surface area contributed by atoms with Crippen molar-refractivity contribution in [3.63, 3.8) is 0 Å². The maximum atomic E-state index is 13.2. The van der Waals surface area contributed by atoms with Gasteiger partial charge in [0.2, 0.25) is 5.91 Å². The first-order chi connectivity index (χ1) is 12.1. The maximum Gasteiger partial charge on any atom is 0.230 e. The Morgan fingerprint density at radius 2 is 1.96 bits per heavy atom. The van der Waals surface area contributed by atoms with Crippen LogP contribution in [0.4, 0.5) is 8.78 Å². The molecular weight excluding hydrogens is 348 g/mol. The standard InChI is InChI=1S/C17H15F2N3O2S/c18-12-8-14-15(9-13(12)19)22-17(21-14)25-10-16(23)20-6-7-24-11-4-2-1-3-5-11/h1-5,8-9H,6-7,10H2,(H,20,23)(H,21,22). The molecule has 1 heterocycles. The first-order valence-corrected chi connectivity index (χ1v) is 8.52. The van der Waals surface area contributed by atoms with Gasteiger partial charge in [-0.3, -0.25) is 4.79 Å². The van der Waals surface area contributed by atoms with Gasteiger partial charge >= 0.3 is 0 Å². The van der Waals surface area contributed by atoms with E-state index in [1.165, 1.54) is 0 Å². The molecular formula is C17H15F2N3O2S. The van der Waals surface area contributed by atoms with Crippen molar-refractivity contribution >= 4 is 28.7 Å². The van der Waals surface area contributed by atoms with E-state index < -0.39 is 11.6 Å². The number of rotatable bonds is 7. The molecule has 3 aromatic rings. The summed E-state index contributed by atoms with van der Waals surface area (Å²) in [5, 5.41) is 3.16. The minimum absolute atomic E-state index is 0.135. The molecule has 0 saturated carbocycles. The number of thioether (sulfide) groups is 1. The third-order valence-corrected chi connectivity index (χ3v) is 4.15. The molecule has 0 bridgehead atoms. The number of para-hydroxylation sites is 1. The molecule has 1 amide bonds. The molecule has 2 N–H and O–H groups in total. The summed E-state index contributed by atoms with van der Waals surface area (Å²) in [5.74, 6) is -1.20. The molecule has 0 spiro atoms. The van der Waals surface area contributed by atoms with E-state index in [1.807, 2.05) is 30.3 Å². The molecule has 0 atom stereocenters. The highest BCUT2D eigenvalue weighted by molar-refractivity contribution is 7.99. The smallest absolute Gasteiger partial charge is 0.230 e. The van der Waals surface area contributed by atoms with Crippen molar-refractivity contribution in [3.8, 4) is 5.75 Å². The largest absolute Gasteiger partial charge is 0.492 e. The SMILES string of the molecule is O=C(CSc1nc2cc(F)c(F)cc2[nH]1)NCCOc1ccccc1. The van der Waals surface area contributed by atoms with Gasteiger partial charge in [0.05, 0.1) is 23.3 Å². The van der Waals surface area contributed by atoms with Gasteiger partial charge in [-0.25, -0.2) is 13.8 Å². The number of imidazole rings is 1. The van der Waals surface area contributed by atoms with Crippen LogP contribution >= 0.6 is 11.8 Å². The van der Waals surface area contributed by atoms with Crippen LogP contribution in [0.15, 0.2) is 47.6 Å². The molecule has 3 rings (SSSR count). The lowest BCUT2D eigenvalue weighted by atomic mass is 10.3. The molecule has 0 fully saturated rings. The number of ether oxygens (including phenoxy) is 1. The summed E-state index contributed by atoms with van der Waals surface area (Å²) >= 11 is 1.16. The lowest BCUT2D eigenvalue weighted by molar-refractivity contribution is -0.118. The van der Waals surface area contributed by atoms with E-state index in [4.69, 9.17) is 4.74 Å². The van der Waals surface area contributed by atoms with E-state index in [2.05, 4.69) is 15.3 Å². The average molecular weight is 363 g/mol. The lowest BCUT2D eigenvalue weighted by Crippen LogP contribution is -2.29. The van der Waals surface area contributed by atoms with Crippen molar-refractivity contribution < 1.29 is 18.3 Å². The van der Waals surface area contributed by atoms with Crippen molar-refractivity contribution in [2.45, 2.75) is 5.16 Å². The molecule has 1 aromatic heterocycles. The second-order valence-corrected chi connectivity index (χ2v) is 6.09. The van der Waals surface area contributed by atoms with Crippen molar-refractivity contribution in [1.29, 1.82) is 0 Å². The fraction of sp³-hybridized carbons (Fsp3) is 0.176. The van der Waals surface area contributed by atoms with Crippen molar-refractivity contribution in [2.75, 3.05) is 18.9 Å². The van der Waals surface area contributed by atoms with Gasteiger partial charge in [-0.1, -0.05) is 30.0 Å². The van der Waals surface area contributed by atoms with Crippen LogP contribution in [0, 0.1) is 11.6 Å². The Morgan fingerprint density at radius 3 is 2.76 bits per heavy atom. The number of aromatic nitrogens is 2. The van der Waals surface area contributed by atoms with E-state index in [9.17, 15) is 13.6 Å². The molecule has 0 radical (unpaired) electrons. The summed E-state index contributed by atoms with van der Waals surface area (Å²) in [6, 6.07) is 11.4. The van der Waals surface area contributed by atoms with Crippen LogP contribution in [0.2, 0.25) is 0 Å². The summed E-state index contributed by atoms with van der Waals surface area (Å²) in [6.45, 7) is 0.744. The van der Waals surface area contributed by atoms with E-state index in [1.54, 1.807) is 0 Å². The normalized spacial score (nSPS) is 10.8. The van der Waals surface area contributed by atoms with Gasteiger partial charge in [0.1, 0.15) is 12.4 Å². The fourth-order valence-electron chi connectivity index (χ4n) is 2.11. The predicted octanol–water partition coefficient (Wildman–Crippen LogP) is 3.13. The highest BCUT2D eigenvalue weighted by Crippen LogP contribution is 2.21. The quantitative estimate of drug-likeness (QED) is 0.500. The lowest BCUT2D eigenvalue weighted by Gasteiger charge is -2.07. The Kier molecular flexibility index (Phi) is 5.49. The van der Waals surface area contributed by atoms with Gasteiger partial charge in [-0.05, 0) is 12.1 Å². The molecule has 2 aromatic carbocycles. The number of nitrogens with zero attached hydrogens (tertiary/aromatic N) is 1. The number of amides is 1. The molecule has 5 nitrogen and oxygen atoms in total. The Hall–Kier alpha value is -2.61. The fourth-order valence-corrected chi connectivity index (χ4v) is 2.83. The van der Waals surface area contributed by atoms with Crippen LogP contribution in [0.25, 0.3) is 11.0 Å². The van der Waals surface area contributed by atoms with Crippen molar-refractivity contribution in [2.24, 2.45) is 0 Å². The Bertz CT molecular complexity index is 832. The first-order valence-electron chi connectivity index (χ1n) is 7.54. The van der Waals surface area contributed by atoms with Gasteiger partial charge in [0, 0.05) is 12.1 Å². The molecule has 0 aliphatic rings. The Morgan fingerprint density at radius 1 is 1.20 bits per heavy atom. The van der Waals surface area contributed by atoms with Gasteiger partial charge in [-0.2, -0.15) is 0 Å². The van der Waals surface area contributed by atoms with E-state index in [-0.39, 0.29) is 11.7 Å². The topological polar surface area (TPSA) is 67.0 Å². The van der Waals surface area contributed by atoms with Crippen LogP contribution in [-0.4, -0.2) is 34.8 Å². The van der Waals surface area contributed by atoms with Gasteiger partial charge in [0.15, 0.2) is 16.8 Å². The highest BCUT2D eigenvalue weighted by Gasteiger charge is 2.10. The molecule has 0 saturated heterocycles. The summed E-state index contributed by atoms with van der Waals surface area (Å²) in [6.07, 6.45) is 0. The maximum absolute atomic E-state index is 13.2. The second kappa shape index (κ2) is 7.98. The summed E-state index contributed by atoms with van der Waals surface area (Å²) in [5.41, 5.74) is 0.705. The van der Waals surface area contributed by atoms with Crippen LogP contribution in [-0.2, 0) is 4.79 Å². The van der Waals surface area contributed by atoms with Gasteiger partial charge in [0.25, 0.3) is 0 Å². The second-order valence-electron chi connectivity index (χ2n) is 5.13. The molecule has 130 valence electrons. The minimum atomic E-state index is -0.952. The first kappa shape index (κ1) is 17.2. The van der Waals surface area contributed by atoms with Crippen molar-refractivity contribution in [3.05, 3.63) is 54.1 Å². The van der Waals surface area contributed by atoms with Crippen LogP contribution in [0.1, 0.15) is 0 Å². The zero-order valence-corrected chi connectivity index (χ0v) is 13.9. The monoisotopic (exact) mass is 363 g/mol. The molecule has 8 heteroatoms. The number of benzene rings is 2. The van der Waals surface area contributed by atoms with Gasteiger partial charge in [-0.15, -0.1) is 0 Å². The van der Waals surface area contributed by atoms with E-state index in [0.717, 1.165) is 29.6 Å². The number of carbonyl (C=O) groups is 1. The van der Waals surface area contributed by atoms with Crippen LogP contribution in [0.5, 0.6) is 5.75 Å². The molecule has 0 aliphatic carbocycles. The Labute approximate surface area is 146 Å². The average Bonchev–Trinajstić information content (AvgIpc) is 3.00. The summed E-state index contributed by atoms with van der Waals surface area (Å²) in [4.78, 5) is 18.8. The highest BCUT2D eigenvalue weighted by atomic mass is 32.2. The molecule has 0 aliphatic heterocycles. The molecule has 25 heavy (non-hydrogen) atoms. The number of aromatic amines is 1. The summed E-state index contributed by atoms with van der Waals surface area (Å²) < 4.78 is 31.8. The van der Waals surface area contributed by atoms with E-state index >= 15 is 0 Å². The number of carbonyl (C=O) groups excluding carboxylic acids is 1. The zero-order valence-electron chi connectivity index (χ0n) is 13.1. The minimum Gasteiger partial charge on any atom is -0.492 e. The third kappa shape index (κ3) is 4.69. The number of hydrogen-bond donors (Lipinski definition) is 2. The predicted molar refractivity (Wildman–Crippen MR) is 91.7 cm³/mol. The van der Waals surface area contributed by atoms with E-state index in [0.29, 0.717) is 29.3 Å². The number of halogens is 2. The Balaban J connectivity index is 1.43. The van der Waals surface area contributed by atoms with Gasteiger partial charge < -0.3 is 15.0 Å².